The summed E-state index contributed by atoms with van der Waals surface area (Å²) in [7, 11) is 0. The number of rotatable bonds is 0. The average Bonchev–Trinajstić information content (AvgIpc) is 2.87. The van der Waals surface area contributed by atoms with E-state index < -0.39 is 0 Å². The van der Waals surface area contributed by atoms with Crippen molar-refractivity contribution in [1.82, 2.24) is 0 Å². The molecular weight excluding hydrogens is 294 g/mol. The fourth-order valence-corrected chi connectivity index (χ4v) is 3.68. The Morgan fingerprint density at radius 1 is 0.917 bits per heavy atom. The zero-order chi connectivity index (χ0) is 17.1. The van der Waals surface area contributed by atoms with Crippen molar-refractivity contribution in [3.05, 3.63) is 59.2 Å². The summed E-state index contributed by atoms with van der Waals surface area (Å²) in [5.74, 6) is 0. The van der Waals surface area contributed by atoms with Crippen molar-refractivity contribution in [3.63, 3.8) is 0 Å². The van der Waals surface area contributed by atoms with E-state index in [1.165, 1.54) is 11.1 Å². The summed E-state index contributed by atoms with van der Waals surface area (Å²) in [5.41, 5.74) is 5.06. The summed E-state index contributed by atoms with van der Waals surface area (Å²) < 4.78 is 6.29. The van der Waals surface area contributed by atoms with Crippen LogP contribution in [0.2, 0.25) is 0 Å². The van der Waals surface area contributed by atoms with Crippen LogP contribution in [-0.4, -0.2) is 0 Å². The van der Waals surface area contributed by atoms with E-state index in [9.17, 15) is 0 Å². The third-order valence-electron chi connectivity index (χ3n) is 4.69. The van der Waals surface area contributed by atoms with Gasteiger partial charge in [-0.25, -0.2) is 0 Å². The first-order valence-electron chi connectivity index (χ1n) is 8.19. The molecule has 24 heavy (non-hydrogen) atoms. The monoisotopic (exact) mass is 313 g/mol. The summed E-state index contributed by atoms with van der Waals surface area (Å²) in [6, 6.07) is 16.5. The molecule has 0 unspecified atom stereocenters. The van der Waals surface area contributed by atoms with Crippen molar-refractivity contribution >= 4 is 32.7 Å². The number of furan rings is 1. The maximum atomic E-state index is 9.11. The predicted octanol–water partition coefficient (Wildman–Crippen LogP) is 6.22. The Morgan fingerprint density at radius 3 is 2.42 bits per heavy atom. The van der Waals surface area contributed by atoms with Crippen molar-refractivity contribution in [2.24, 2.45) is 0 Å². The van der Waals surface area contributed by atoms with Crippen LogP contribution in [0.1, 0.15) is 37.5 Å². The second-order valence-electron chi connectivity index (χ2n) is 7.51. The van der Waals surface area contributed by atoms with Crippen LogP contribution < -0.4 is 0 Å². The zero-order valence-corrected chi connectivity index (χ0v) is 14.4. The Hall–Kier alpha value is -2.79. The van der Waals surface area contributed by atoms with Crippen LogP contribution in [0.3, 0.4) is 0 Å². The summed E-state index contributed by atoms with van der Waals surface area (Å²) in [6.45, 7) is 8.80. The minimum Gasteiger partial charge on any atom is -0.456 e. The molecule has 1 aromatic heterocycles. The summed E-state index contributed by atoms with van der Waals surface area (Å²) >= 11 is 0. The molecule has 0 aliphatic heterocycles. The molecule has 4 rings (SSSR count). The van der Waals surface area contributed by atoms with Gasteiger partial charge in [0.05, 0.1) is 11.6 Å². The molecule has 0 amide bonds. The van der Waals surface area contributed by atoms with Gasteiger partial charge in [0.2, 0.25) is 0 Å². The van der Waals surface area contributed by atoms with Gasteiger partial charge >= 0.3 is 0 Å². The molecule has 0 bridgehead atoms. The highest BCUT2D eigenvalue weighted by molar-refractivity contribution is 6.11. The standard InChI is InChI=1S/C22H19NO/c1-13-5-8-17-18-10-15-7-6-14(12-23)9-16(15)11-19(18)24-21(17)20(13)22(2,3)4/h5-11H,1-4H3. The molecule has 1 heterocycles. The van der Waals surface area contributed by atoms with Gasteiger partial charge in [0, 0.05) is 16.3 Å². The van der Waals surface area contributed by atoms with Gasteiger partial charge in [-0.1, -0.05) is 39.0 Å². The first-order chi connectivity index (χ1) is 11.4. The van der Waals surface area contributed by atoms with Crippen LogP contribution in [0, 0.1) is 18.3 Å². The van der Waals surface area contributed by atoms with E-state index in [1.807, 2.05) is 24.3 Å². The van der Waals surface area contributed by atoms with Crippen molar-refractivity contribution in [3.8, 4) is 6.07 Å². The summed E-state index contributed by atoms with van der Waals surface area (Å²) in [4.78, 5) is 0. The third kappa shape index (κ3) is 2.09. The second-order valence-corrected chi connectivity index (χ2v) is 7.51. The summed E-state index contributed by atoms with van der Waals surface area (Å²) in [5, 5.41) is 13.6. The van der Waals surface area contributed by atoms with Crippen LogP contribution in [-0.2, 0) is 5.41 Å². The molecular formula is C22H19NO. The minimum absolute atomic E-state index is 0.0187. The van der Waals surface area contributed by atoms with E-state index in [2.05, 4.69) is 52.0 Å². The molecule has 0 N–H and O–H groups in total. The van der Waals surface area contributed by atoms with Crippen LogP contribution >= 0.6 is 0 Å². The van der Waals surface area contributed by atoms with Gasteiger partial charge in [0.1, 0.15) is 11.2 Å². The molecule has 0 fully saturated rings. The van der Waals surface area contributed by atoms with E-state index in [0.29, 0.717) is 5.56 Å². The van der Waals surface area contributed by atoms with E-state index >= 15 is 0 Å². The maximum absolute atomic E-state index is 9.11. The largest absolute Gasteiger partial charge is 0.456 e. The van der Waals surface area contributed by atoms with Crippen molar-refractivity contribution < 1.29 is 4.42 Å². The maximum Gasteiger partial charge on any atom is 0.139 e. The fraction of sp³-hybridized carbons (Fsp3) is 0.227. The highest BCUT2D eigenvalue weighted by atomic mass is 16.3. The molecule has 118 valence electrons. The molecule has 0 saturated heterocycles. The molecule has 0 saturated carbocycles. The van der Waals surface area contributed by atoms with Crippen LogP contribution in [0.25, 0.3) is 32.7 Å². The highest BCUT2D eigenvalue weighted by Crippen LogP contribution is 2.39. The molecule has 3 aromatic carbocycles. The number of aryl methyl sites for hydroxylation is 1. The Bertz CT molecular complexity index is 1150. The molecule has 2 heteroatoms. The highest BCUT2D eigenvalue weighted by Gasteiger charge is 2.23. The second kappa shape index (κ2) is 4.85. The van der Waals surface area contributed by atoms with Crippen molar-refractivity contribution in [2.45, 2.75) is 33.1 Å². The van der Waals surface area contributed by atoms with Crippen LogP contribution in [0.15, 0.2) is 46.9 Å². The van der Waals surface area contributed by atoms with Gasteiger partial charge in [0.15, 0.2) is 0 Å². The molecule has 0 atom stereocenters. The lowest BCUT2D eigenvalue weighted by atomic mass is 9.83. The zero-order valence-electron chi connectivity index (χ0n) is 14.4. The predicted molar refractivity (Wildman–Crippen MR) is 99.4 cm³/mol. The van der Waals surface area contributed by atoms with Gasteiger partial charge in [-0.05, 0) is 52.9 Å². The topological polar surface area (TPSA) is 36.9 Å². The first kappa shape index (κ1) is 14.8. The lowest BCUT2D eigenvalue weighted by molar-refractivity contribution is 0.569. The smallest absolute Gasteiger partial charge is 0.139 e. The number of hydrogen-bond donors (Lipinski definition) is 0. The molecule has 0 aliphatic carbocycles. The molecule has 4 aromatic rings. The quantitative estimate of drug-likeness (QED) is 0.386. The Labute approximate surface area is 141 Å². The number of nitrogens with zero attached hydrogens (tertiary/aromatic N) is 1. The van der Waals surface area contributed by atoms with Gasteiger partial charge < -0.3 is 4.42 Å². The minimum atomic E-state index is 0.0187. The van der Waals surface area contributed by atoms with Gasteiger partial charge in [-0.15, -0.1) is 0 Å². The van der Waals surface area contributed by atoms with Gasteiger partial charge in [0.25, 0.3) is 0 Å². The van der Waals surface area contributed by atoms with Gasteiger partial charge in [-0.3, -0.25) is 0 Å². The molecule has 0 radical (unpaired) electrons. The van der Waals surface area contributed by atoms with E-state index in [4.69, 9.17) is 9.68 Å². The molecule has 2 nitrogen and oxygen atoms in total. The Morgan fingerprint density at radius 2 is 1.71 bits per heavy atom. The van der Waals surface area contributed by atoms with Crippen LogP contribution in [0.5, 0.6) is 0 Å². The summed E-state index contributed by atoms with van der Waals surface area (Å²) in [6.07, 6.45) is 0. The normalized spacial score (nSPS) is 12.1. The average molecular weight is 313 g/mol. The van der Waals surface area contributed by atoms with E-state index in [-0.39, 0.29) is 5.41 Å². The SMILES string of the molecule is Cc1ccc2c(oc3cc4cc(C#N)ccc4cc32)c1C(C)(C)C. The van der Waals surface area contributed by atoms with Gasteiger partial charge in [-0.2, -0.15) is 5.26 Å². The molecule has 0 aliphatic rings. The Balaban J connectivity index is 2.15. The van der Waals surface area contributed by atoms with E-state index in [0.717, 1.165) is 32.7 Å². The van der Waals surface area contributed by atoms with Crippen molar-refractivity contribution in [2.75, 3.05) is 0 Å². The number of nitriles is 1. The van der Waals surface area contributed by atoms with Crippen LogP contribution in [0.4, 0.5) is 0 Å². The third-order valence-corrected chi connectivity index (χ3v) is 4.69. The number of fused-ring (bicyclic) bond motifs is 4. The number of hydrogen-bond acceptors (Lipinski definition) is 2. The first-order valence-corrected chi connectivity index (χ1v) is 8.19. The Kier molecular flexibility index (Phi) is 2.99. The lowest BCUT2D eigenvalue weighted by Crippen LogP contribution is -2.13. The lowest BCUT2D eigenvalue weighted by Gasteiger charge is -2.21. The molecule has 0 spiro atoms. The fourth-order valence-electron chi connectivity index (χ4n) is 3.68. The van der Waals surface area contributed by atoms with Crippen molar-refractivity contribution in [1.29, 1.82) is 5.26 Å². The van der Waals surface area contributed by atoms with E-state index in [1.54, 1.807) is 0 Å². The number of benzene rings is 3.